The van der Waals surface area contributed by atoms with Crippen LogP contribution in [0.1, 0.15) is 0 Å². The fourth-order valence-electron chi connectivity index (χ4n) is 2.29. The molecule has 0 spiro atoms. The third-order valence-corrected chi connectivity index (χ3v) is 3.39. The van der Waals surface area contributed by atoms with Gasteiger partial charge in [0.2, 0.25) is 0 Å². The Bertz CT molecular complexity index is 469. The molecule has 0 radical (unpaired) electrons. The van der Waals surface area contributed by atoms with Crippen LogP contribution in [0.5, 0.6) is 5.75 Å². The van der Waals surface area contributed by atoms with Crippen LogP contribution in [0.25, 0.3) is 0 Å². The zero-order valence-electron chi connectivity index (χ0n) is 11.3. The predicted octanol–water partition coefficient (Wildman–Crippen LogP) is 0.615. The van der Waals surface area contributed by atoms with Crippen molar-refractivity contribution >= 4 is 11.7 Å². The number of nitrogens with zero attached hydrogens (tertiary/aromatic N) is 2. The molecule has 2 N–H and O–H groups in total. The Morgan fingerprint density at radius 1 is 1.25 bits per heavy atom. The van der Waals surface area contributed by atoms with Gasteiger partial charge in [-0.25, -0.2) is 4.99 Å². The van der Waals surface area contributed by atoms with Gasteiger partial charge in [0.25, 0.3) is 6.02 Å². The standard InChI is InChI=1S/C14H19N3O3/c15-14-16-9-13(20-14)10-19-12-3-1-11(2-4-12)17-5-7-18-8-6-17/h1-4,13H,5-10H2,(H2,15,16). The SMILES string of the molecule is NC1=NCC(COc2ccc(N3CCOCC3)cc2)O1. The molecule has 1 fully saturated rings. The molecule has 108 valence electrons. The van der Waals surface area contributed by atoms with E-state index in [9.17, 15) is 0 Å². The van der Waals surface area contributed by atoms with Crippen molar-refractivity contribution in [2.75, 3.05) is 44.4 Å². The van der Waals surface area contributed by atoms with Gasteiger partial charge in [0.1, 0.15) is 12.4 Å². The van der Waals surface area contributed by atoms with E-state index in [1.54, 1.807) is 0 Å². The van der Waals surface area contributed by atoms with Crippen molar-refractivity contribution in [3.05, 3.63) is 24.3 Å². The summed E-state index contributed by atoms with van der Waals surface area (Å²) < 4.78 is 16.3. The van der Waals surface area contributed by atoms with Crippen molar-refractivity contribution in [3.8, 4) is 5.75 Å². The normalized spacial score (nSPS) is 22.3. The number of hydrogen-bond donors (Lipinski definition) is 1. The van der Waals surface area contributed by atoms with E-state index in [0.29, 0.717) is 13.2 Å². The second kappa shape index (κ2) is 6.00. The first kappa shape index (κ1) is 13.1. The summed E-state index contributed by atoms with van der Waals surface area (Å²) in [6, 6.07) is 8.34. The lowest BCUT2D eigenvalue weighted by molar-refractivity contribution is 0.122. The van der Waals surface area contributed by atoms with E-state index in [1.165, 1.54) is 5.69 Å². The summed E-state index contributed by atoms with van der Waals surface area (Å²) in [6.45, 7) is 4.48. The molecule has 1 aromatic rings. The first-order chi connectivity index (χ1) is 9.81. The molecule has 0 amide bonds. The topological polar surface area (TPSA) is 69.3 Å². The highest BCUT2D eigenvalue weighted by molar-refractivity contribution is 5.73. The summed E-state index contributed by atoms with van der Waals surface area (Å²) in [4.78, 5) is 6.29. The van der Waals surface area contributed by atoms with Crippen LogP contribution in [0.4, 0.5) is 5.69 Å². The van der Waals surface area contributed by atoms with Crippen molar-refractivity contribution in [2.24, 2.45) is 10.7 Å². The van der Waals surface area contributed by atoms with Crippen molar-refractivity contribution in [1.82, 2.24) is 0 Å². The maximum Gasteiger partial charge on any atom is 0.282 e. The Labute approximate surface area is 118 Å². The minimum atomic E-state index is -0.0751. The van der Waals surface area contributed by atoms with Crippen LogP contribution in [-0.2, 0) is 9.47 Å². The van der Waals surface area contributed by atoms with Crippen LogP contribution >= 0.6 is 0 Å². The highest BCUT2D eigenvalue weighted by atomic mass is 16.5. The van der Waals surface area contributed by atoms with E-state index in [4.69, 9.17) is 19.9 Å². The average Bonchev–Trinajstić information content (AvgIpc) is 2.92. The number of rotatable bonds is 4. The number of amidine groups is 1. The quantitative estimate of drug-likeness (QED) is 0.873. The van der Waals surface area contributed by atoms with E-state index in [1.807, 2.05) is 12.1 Å². The molecule has 6 nitrogen and oxygen atoms in total. The van der Waals surface area contributed by atoms with Gasteiger partial charge in [-0.3, -0.25) is 0 Å². The summed E-state index contributed by atoms with van der Waals surface area (Å²) in [5.74, 6) is 0.830. The summed E-state index contributed by atoms with van der Waals surface area (Å²) in [5, 5.41) is 0. The molecule has 1 atom stereocenters. The summed E-state index contributed by atoms with van der Waals surface area (Å²) in [5.41, 5.74) is 6.65. The Hall–Kier alpha value is -1.95. The smallest absolute Gasteiger partial charge is 0.282 e. The lowest BCUT2D eigenvalue weighted by Gasteiger charge is -2.28. The van der Waals surface area contributed by atoms with Gasteiger partial charge < -0.3 is 24.8 Å². The Morgan fingerprint density at radius 2 is 2.00 bits per heavy atom. The molecule has 2 aliphatic heterocycles. The fraction of sp³-hybridized carbons (Fsp3) is 0.500. The Kier molecular flexibility index (Phi) is 3.92. The third kappa shape index (κ3) is 3.14. The van der Waals surface area contributed by atoms with E-state index >= 15 is 0 Å². The number of aliphatic imine (C=N–C) groups is 1. The van der Waals surface area contributed by atoms with Gasteiger partial charge in [-0.15, -0.1) is 0 Å². The van der Waals surface area contributed by atoms with Crippen molar-refractivity contribution in [1.29, 1.82) is 0 Å². The second-order valence-corrected chi connectivity index (χ2v) is 4.82. The maximum atomic E-state index is 5.68. The Morgan fingerprint density at radius 3 is 2.65 bits per heavy atom. The molecule has 20 heavy (non-hydrogen) atoms. The zero-order valence-corrected chi connectivity index (χ0v) is 11.3. The molecule has 2 aliphatic rings. The van der Waals surface area contributed by atoms with Crippen molar-refractivity contribution < 1.29 is 14.2 Å². The number of ether oxygens (including phenoxy) is 3. The van der Waals surface area contributed by atoms with Crippen molar-refractivity contribution in [2.45, 2.75) is 6.10 Å². The van der Waals surface area contributed by atoms with Gasteiger partial charge in [0, 0.05) is 18.8 Å². The molecule has 0 aromatic heterocycles. The number of hydrogen-bond acceptors (Lipinski definition) is 6. The number of benzene rings is 1. The first-order valence-corrected chi connectivity index (χ1v) is 6.83. The van der Waals surface area contributed by atoms with E-state index in [0.717, 1.165) is 32.1 Å². The minimum absolute atomic E-state index is 0.0751. The molecule has 0 saturated carbocycles. The molecule has 6 heteroatoms. The van der Waals surface area contributed by atoms with E-state index in [2.05, 4.69) is 22.0 Å². The molecular formula is C14H19N3O3. The van der Waals surface area contributed by atoms with Crippen LogP contribution < -0.4 is 15.4 Å². The molecule has 1 saturated heterocycles. The van der Waals surface area contributed by atoms with Gasteiger partial charge in [-0.05, 0) is 24.3 Å². The zero-order chi connectivity index (χ0) is 13.8. The maximum absolute atomic E-state index is 5.68. The Balaban J connectivity index is 1.51. The largest absolute Gasteiger partial charge is 0.490 e. The number of nitrogens with two attached hydrogens (primary N) is 1. The van der Waals surface area contributed by atoms with Gasteiger partial charge in [0.05, 0.1) is 19.8 Å². The van der Waals surface area contributed by atoms with Crippen LogP contribution in [-0.4, -0.2) is 51.6 Å². The van der Waals surface area contributed by atoms with Gasteiger partial charge >= 0.3 is 0 Å². The molecule has 2 heterocycles. The molecule has 3 rings (SSSR count). The van der Waals surface area contributed by atoms with Crippen LogP contribution in [0.15, 0.2) is 29.3 Å². The molecule has 1 aromatic carbocycles. The molecule has 1 unspecified atom stereocenters. The molecule has 0 bridgehead atoms. The third-order valence-electron chi connectivity index (χ3n) is 3.39. The van der Waals surface area contributed by atoms with Crippen molar-refractivity contribution in [3.63, 3.8) is 0 Å². The van der Waals surface area contributed by atoms with Crippen LogP contribution in [0.3, 0.4) is 0 Å². The lowest BCUT2D eigenvalue weighted by atomic mass is 10.2. The lowest BCUT2D eigenvalue weighted by Crippen LogP contribution is -2.36. The van der Waals surface area contributed by atoms with E-state index in [-0.39, 0.29) is 12.1 Å². The second-order valence-electron chi connectivity index (χ2n) is 4.82. The predicted molar refractivity (Wildman–Crippen MR) is 76.3 cm³/mol. The summed E-state index contributed by atoms with van der Waals surface area (Å²) in [6.07, 6.45) is -0.0751. The first-order valence-electron chi connectivity index (χ1n) is 6.83. The summed E-state index contributed by atoms with van der Waals surface area (Å²) >= 11 is 0. The number of morpholine rings is 1. The average molecular weight is 277 g/mol. The van der Waals surface area contributed by atoms with E-state index < -0.39 is 0 Å². The fourth-order valence-corrected chi connectivity index (χ4v) is 2.29. The molecule has 0 aliphatic carbocycles. The molecular weight excluding hydrogens is 258 g/mol. The minimum Gasteiger partial charge on any atom is -0.490 e. The highest BCUT2D eigenvalue weighted by Crippen LogP contribution is 2.20. The summed E-state index contributed by atoms with van der Waals surface area (Å²) in [7, 11) is 0. The van der Waals surface area contributed by atoms with Crippen LogP contribution in [0.2, 0.25) is 0 Å². The van der Waals surface area contributed by atoms with Gasteiger partial charge in [-0.1, -0.05) is 0 Å². The van der Waals surface area contributed by atoms with Gasteiger partial charge in [0.15, 0.2) is 6.10 Å². The van der Waals surface area contributed by atoms with Gasteiger partial charge in [-0.2, -0.15) is 0 Å². The monoisotopic (exact) mass is 277 g/mol. The number of anilines is 1. The highest BCUT2D eigenvalue weighted by Gasteiger charge is 2.18. The van der Waals surface area contributed by atoms with Crippen LogP contribution in [0, 0.1) is 0 Å².